The van der Waals surface area contributed by atoms with Crippen molar-refractivity contribution in [2.24, 2.45) is 5.73 Å². The van der Waals surface area contributed by atoms with Crippen molar-refractivity contribution < 1.29 is 4.74 Å². The van der Waals surface area contributed by atoms with Crippen LogP contribution in [0.25, 0.3) is 0 Å². The summed E-state index contributed by atoms with van der Waals surface area (Å²) in [6, 6.07) is -0.0218. The lowest BCUT2D eigenvalue weighted by Gasteiger charge is -2.26. The van der Waals surface area contributed by atoms with E-state index in [1.165, 1.54) is 0 Å². The Bertz CT molecular complexity index is 391. The molecule has 1 aromatic heterocycles. The highest BCUT2D eigenvalue weighted by atomic mass is 16.5. The van der Waals surface area contributed by atoms with Crippen LogP contribution in [0.1, 0.15) is 26.6 Å². The summed E-state index contributed by atoms with van der Waals surface area (Å²) in [6.45, 7) is 9.07. The number of anilines is 1. The van der Waals surface area contributed by atoms with Crippen molar-refractivity contribution in [2.45, 2.75) is 38.8 Å². The molecular formula is C11H21N5O. The molecule has 0 spiro atoms. The molecule has 0 aromatic carbocycles. The molecule has 6 heteroatoms. The predicted octanol–water partition coefficient (Wildman–Crippen LogP) is 0.345. The predicted molar refractivity (Wildman–Crippen MR) is 66.0 cm³/mol. The molecule has 6 nitrogen and oxygen atoms in total. The van der Waals surface area contributed by atoms with Crippen molar-refractivity contribution in [3.63, 3.8) is 0 Å². The van der Waals surface area contributed by atoms with Crippen LogP contribution in [0, 0.1) is 0 Å². The molecular weight excluding hydrogens is 218 g/mol. The maximum absolute atomic E-state index is 6.13. The fourth-order valence-corrected chi connectivity index (χ4v) is 2.23. The number of rotatable bonds is 4. The zero-order chi connectivity index (χ0) is 12.5. The highest BCUT2D eigenvalue weighted by Crippen LogP contribution is 2.31. The molecule has 1 aromatic rings. The first-order chi connectivity index (χ1) is 8.13. The maximum Gasteiger partial charge on any atom is 0.224 e. The number of aromatic nitrogens is 3. The van der Waals surface area contributed by atoms with Gasteiger partial charge in [0.25, 0.3) is 0 Å². The zero-order valence-corrected chi connectivity index (χ0v) is 10.7. The van der Waals surface area contributed by atoms with E-state index in [0.29, 0.717) is 13.2 Å². The first-order valence-electron chi connectivity index (χ1n) is 6.14. The second kappa shape index (κ2) is 4.62. The summed E-state index contributed by atoms with van der Waals surface area (Å²) >= 11 is 0. The van der Waals surface area contributed by atoms with Crippen LogP contribution in [-0.4, -0.2) is 40.6 Å². The van der Waals surface area contributed by atoms with Crippen molar-refractivity contribution in [1.82, 2.24) is 14.8 Å². The lowest BCUT2D eigenvalue weighted by Crippen LogP contribution is -2.44. The molecule has 2 unspecified atom stereocenters. The Labute approximate surface area is 102 Å². The Morgan fingerprint density at radius 2 is 2.29 bits per heavy atom. The standard InChI is InChI=1S/C11H21N5O/c1-4-13-10-15-14-9(16(10)5-2)11(3)7-17-6-8(11)12/h8H,4-7,12H2,1-3H3,(H,13,15). The van der Waals surface area contributed by atoms with Crippen molar-refractivity contribution in [2.75, 3.05) is 25.1 Å². The van der Waals surface area contributed by atoms with Crippen molar-refractivity contribution in [3.05, 3.63) is 5.82 Å². The molecule has 0 aliphatic carbocycles. The van der Waals surface area contributed by atoms with Gasteiger partial charge >= 0.3 is 0 Å². The minimum atomic E-state index is -0.239. The second-order valence-electron chi connectivity index (χ2n) is 4.66. The van der Waals surface area contributed by atoms with Crippen LogP contribution in [0.2, 0.25) is 0 Å². The van der Waals surface area contributed by atoms with E-state index < -0.39 is 0 Å². The van der Waals surface area contributed by atoms with Gasteiger partial charge in [0.15, 0.2) is 0 Å². The van der Waals surface area contributed by atoms with Gasteiger partial charge in [-0.15, -0.1) is 10.2 Å². The molecule has 2 heterocycles. The second-order valence-corrected chi connectivity index (χ2v) is 4.66. The number of hydrogen-bond acceptors (Lipinski definition) is 5. The smallest absolute Gasteiger partial charge is 0.224 e. The Morgan fingerprint density at radius 1 is 1.53 bits per heavy atom. The minimum absolute atomic E-state index is 0.0218. The normalized spacial score (nSPS) is 28.6. The van der Waals surface area contributed by atoms with Gasteiger partial charge in [-0.1, -0.05) is 0 Å². The third-order valence-corrected chi connectivity index (χ3v) is 3.43. The van der Waals surface area contributed by atoms with E-state index in [-0.39, 0.29) is 11.5 Å². The molecule has 0 amide bonds. The van der Waals surface area contributed by atoms with Crippen LogP contribution in [0.5, 0.6) is 0 Å². The third kappa shape index (κ3) is 1.91. The Hall–Kier alpha value is -1.14. The molecule has 1 fully saturated rings. The van der Waals surface area contributed by atoms with Crippen LogP contribution in [0.3, 0.4) is 0 Å². The van der Waals surface area contributed by atoms with E-state index in [0.717, 1.165) is 24.9 Å². The van der Waals surface area contributed by atoms with E-state index >= 15 is 0 Å². The number of nitrogens with zero attached hydrogens (tertiary/aromatic N) is 3. The molecule has 2 atom stereocenters. The van der Waals surface area contributed by atoms with E-state index in [2.05, 4.69) is 33.9 Å². The summed E-state index contributed by atoms with van der Waals surface area (Å²) in [5.41, 5.74) is 5.89. The van der Waals surface area contributed by atoms with E-state index in [4.69, 9.17) is 10.5 Å². The quantitative estimate of drug-likeness (QED) is 0.792. The first-order valence-corrected chi connectivity index (χ1v) is 6.14. The van der Waals surface area contributed by atoms with E-state index in [1.807, 2.05) is 6.92 Å². The lowest BCUT2D eigenvalue weighted by molar-refractivity contribution is 0.177. The van der Waals surface area contributed by atoms with E-state index in [9.17, 15) is 0 Å². The Balaban J connectivity index is 2.38. The van der Waals surface area contributed by atoms with Crippen LogP contribution in [0.4, 0.5) is 5.95 Å². The minimum Gasteiger partial charge on any atom is -0.379 e. The third-order valence-electron chi connectivity index (χ3n) is 3.43. The van der Waals surface area contributed by atoms with Crippen molar-refractivity contribution in [1.29, 1.82) is 0 Å². The average molecular weight is 239 g/mol. The van der Waals surface area contributed by atoms with Gasteiger partial charge in [0.1, 0.15) is 5.82 Å². The van der Waals surface area contributed by atoms with Gasteiger partial charge < -0.3 is 15.8 Å². The molecule has 1 aliphatic rings. The van der Waals surface area contributed by atoms with Crippen molar-refractivity contribution in [3.8, 4) is 0 Å². The maximum atomic E-state index is 6.13. The molecule has 96 valence electrons. The number of nitrogens with two attached hydrogens (primary N) is 1. The molecule has 0 radical (unpaired) electrons. The van der Waals surface area contributed by atoms with Crippen LogP contribution in [-0.2, 0) is 16.7 Å². The summed E-state index contributed by atoms with van der Waals surface area (Å²) in [7, 11) is 0. The SMILES string of the molecule is CCNc1nnc(C2(C)COCC2N)n1CC. The highest BCUT2D eigenvalue weighted by molar-refractivity contribution is 5.29. The van der Waals surface area contributed by atoms with Gasteiger partial charge in [-0.25, -0.2) is 0 Å². The van der Waals surface area contributed by atoms with Crippen LogP contribution >= 0.6 is 0 Å². The lowest BCUT2D eigenvalue weighted by atomic mass is 9.85. The summed E-state index contributed by atoms with van der Waals surface area (Å²) in [5, 5.41) is 11.7. The number of hydrogen-bond donors (Lipinski definition) is 2. The average Bonchev–Trinajstić information content (AvgIpc) is 2.85. The summed E-state index contributed by atoms with van der Waals surface area (Å²) in [4.78, 5) is 0. The molecule has 2 rings (SSSR count). The van der Waals surface area contributed by atoms with Crippen LogP contribution < -0.4 is 11.1 Å². The molecule has 0 bridgehead atoms. The van der Waals surface area contributed by atoms with Gasteiger partial charge in [-0.05, 0) is 20.8 Å². The van der Waals surface area contributed by atoms with Gasteiger partial charge in [-0.2, -0.15) is 0 Å². The zero-order valence-electron chi connectivity index (χ0n) is 10.7. The topological polar surface area (TPSA) is 78.0 Å². The van der Waals surface area contributed by atoms with Gasteiger partial charge in [0.2, 0.25) is 5.95 Å². The molecule has 1 aliphatic heterocycles. The van der Waals surface area contributed by atoms with E-state index in [1.54, 1.807) is 0 Å². The van der Waals surface area contributed by atoms with Gasteiger partial charge in [-0.3, -0.25) is 4.57 Å². The number of ether oxygens (including phenoxy) is 1. The highest BCUT2D eigenvalue weighted by Gasteiger charge is 2.43. The molecule has 0 saturated carbocycles. The monoisotopic (exact) mass is 239 g/mol. The van der Waals surface area contributed by atoms with Gasteiger partial charge in [0.05, 0.1) is 18.6 Å². The fourth-order valence-electron chi connectivity index (χ4n) is 2.23. The van der Waals surface area contributed by atoms with Gasteiger partial charge in [0, 0.05) is 19.1 Å². The first kappa shape index (κ1) is 12.3. The summed E-state index contributed by atoms with van der Waals surface area (Å²) in [6.07, 6.45) is 0. The van der Waals surface area contributed by atoms with Crippen LogP contribution in [0.15, 0.2) is 0 Å². The Morgan fingerprint density at radius 3 is 2.82 bits per heavy atom. The summed E-state index contributed by atoms with van der Waals surface area (Å²) < 4.78 is 7.55. The molecule has 1 saturated heterocycles. The Kier molecular flexibility index (Phi) is 3.35. The summed E-state index contributed by atoms with van der Waals surface area (Å²) in [5.74, 6) is 1.73. The fraction of sp³-hybridized carbons (Fsp3) is 0.818. The molecule has 3 N–H and O–H groups in total. The number of nitrogens with one attached hydrogen (secondary N) is 1. The molecule has 17 heavy (non-hydrogen) atoms. The largest absolute Gasteiger partial charge is 0.379 e. The van der Waals surface area contributed by atoms with Crippen molar-refractivity contribution >= 4 is 5.95 Å².